The van der Waals surface area contributed by atoms with E-state index in [1.165, 1.54) is 14.2 Å². The van der Waals surface area contributed by atoms with Crippen LogP contribution >= 0.6 is 0 Å². The third-order valence-corrected chi connectivity index (χ3v) is 3.37. The van der Waals surface area contributed by atoms with Crippen LogP contribution in [0.3, 0.4) is 0 Å². The summed E-state index contributed by atoms with van der Waals surface area (Å²) in [6.45, 7) is 3.64. The number of urea groups is 1. The molecule has 0 saturated carbocycles. The molecule has 0 aliphatic heterocycles. The van der Waals surface area contributed by atoms with Gasteiger partial charge in [0.05, 0.1) is 14.2 Å². The molecule has 7 nitrogen and oxygen atoms in total. The first-order valence-corrected chi connectivity index (χ1v) is 6.94. The van der Waals surface area contributed by atoms with Gasteiger partial charge in [-0.2, -0.15) is 0 Å². The molecule has 1 rings (SSSR count). The van der Waals surface area contributed by atoms with Crippen molar-refractivity contribution in [2.45, 2.75) is 26.3 Å². The first-order chi connectivity index (χ1) is 10.4. The molecular weight excluding hydrogens is 288 g/mol. The standard InChI is InChI=1S/C15H22N2O5/c1-5-9(2)13(14(18)19)17-15(20)16-10-6-11(21-3)8-12(7-10)22-4/h6-9,13H,5H2,1-4H3,(H,18,19)(H2,16,17,20)/t9-,13+/m1/s1. The molecule has 0 aromatic heterocycles. The van der Waals surface area contributed by atoms with E-state index >= 15 is 0 Å². The van der Waals surface area contributed by atoms with Crippen molar-refractivity contribution in [1.82, 2.24) is 5.32 Å². The van der Waals surface area contributed by atoms with Gasteiger partial charge in [-0.05, 0) is 5.92 Å². The number of amides is 2. The van der Waals surface area contributed by atoms with Crippen LogP contribution < -0.4 is 20.1 Å². The Labute approximate surface area is 129 Å². The van der Waals surface area contributed by atoms with Gasteiger partial charge in [-0.1, -0.05) is 20.3 Å². The summed E-state index contributed by atoms with van der Waals surface area (Å²) in [5.74, 6) is -0.200. The third-order valence-electron chi connectivity index (χ3n) is 3.37. The SMILES string of the molecule is CC[C@@H](C)[C@H](NC(=O)Nc1cc(OC)cc(OC)c1)C(=O)O. The van der Waals surface area contributed by atoms with Crippen molar-refractivity contribution >= 4 is 17.7 Å². The van der Waals surface area contributed by atoms with Crippen molar-refractivity contribution in [1.29, 1.82) is 0 Å². The average molecular weight is 310 g/mol. The summed E-state index contributed by atoms with van der Waals surface area (Å²) >= 11 is 0. The van der Waals surface area contributed by atoms with Gasteiger partial charge in [-0.25, -0.2) is 9.59 Å². The number of ether oxygens (including phenoxy) is 2. The van der Waals surface area contributed by atoms with Gasteiger partial charge in [0.25, 0.3) is 0 Å². The van der Waals surface area contributed by atoms with Crippen molar-refractivity contribution in [2.75, 3.05) is 19.5 Å². The molecule has 0 saturated heterocycles. The Balaban J connectivity index is 2.81. The predicted octanol–water partition coefficient (Wildman–Crippen LogP) is 2.32. The highest BCUT2D eigenvalue weighted by Crippen LogP contribution is 2.25. The Morgan fingerprint density at radius 1 is 1.18 bits per heavy atom. The third kappa shape index (κ3) is 4.83. The molecule has 0 spiro atoms. The summed E-state index contributed by atoms with van der Waals surface area (Å²) < 4.78 is 10.2. The molecule has 0 unspecified atom stereocenters. The molecule has 22 heavy (non-hydrogen) atoms. The molecule has 0 heterocycles. The summed E-state index contributed by atoms with van der Waals surface area (Å²) in [4.78, 5) is 23.2. The van der Waals surface area contributed by atoms with E-state index < -0.39 is 18.0 Å². The molecule has 0 fully saturated rings. The number of carbonyl (C=O) groups excluding carboxylic acids is 1. The van der Waals surface area contributed by atoms with Crippen molar-refractivity contribution in [3.63, 3.8) is 0 Å². The van der Waals surface area contributed by atoms with Crippen molar-refractivity contribution < 1.29 is 24.2 Å². The topological polar surface area (TPSA) is 96.9 Å². The first-order valence-electron chi connectivity index (χ1n) is 6.94. The smallest absolute Gasteiger partial charge is 0.326 e. The summed E-state index contributed by atoms with van der Waals surface area (Å²) in [6.07, 6.45) is 0.643. The number of hydrogen-bond acceptors (Lipinski definition) is 4. The minimum Gasteiger partial charge on any atom is -0.497 e. The Morgan fingerprint density at radius 3 is 2.14 bits per heavy atom. The Kier molecular flexibility index (Phi) is 6.49. The molecule has 3 N–H and O–H groups in total. The second-order valence-corrected chi connectivity index (χ2v) is 4.90. The zero-order valence-corrected chi connectivity index (χ0v) is 13.2. The van der Waals surface area contributed by atoms with Gasteiger partial charge in [-0.3, -0.25) is 0 Å². The zero-order chi connectivity index (χ0) is 16.7. The number of methoxy groups -OCH3 is 2. The zero-order valence-electron chi connectivity index (χ0n) is 13.2. The fraction of sp³-hybridized carbons (Fsp3) is 0.467. The van der Waals surface area contributed by atoms with Crippen LogP contribution in [0.25, 0.3) is 0 Å². The summed E-state index contributed by atoms with van der Waals surface area (Å²) in [7, 11) is 3.00. The highest BCUT2D eigenvalue weighted by Gasteiger charge is 2.25. The Hall–Kier alpha value is -2.44. The monoisotopic (exact) mass is 310 g/mol. The quantitative estimate of drug-likeness (QED) is 0.718. The van der Waals surface area contributed by atoms with Crippen molar-refractivity contribution in [3.05, 3.63) is 18.2 Å². The van der Waals surface area contributed by atoms with Crippen molar-refractivity contribution in [2.24, 2.45) is 5.92 Å². The number of hydrogen-bond donors (Lipinski definition) is 3. The maximum atomic E-state index is 12.0. The lowest BCUT2D eigenvalue weighted by atomic mass is 9.99. The van der Waals surface area contributed by atoms with Crippen LogP contribution in [-0.4, -0.2) is 37.4 Å². The molecule has 0 aliphatic carbocycles. The summed E-state index contributed by atoms with van der Waals surface area (Å²) in [5.41, 5.74) is 0.446. The minimum atomic E-state index is -1.06. The second-order valence-electron chi connectivity index (χ2n) is 4.90. The number of carboxylic acid groups (broad SMARTS) is 1. The van der Waals surface area contributed by atoms with Gasteiger partial charge in [0.1, 0.15) is 17.5 Å². The number of aliphatic carboxylic acids is 1. The normalized spacial score (nSPS) is 12.9. The highest BCUT2D eigenvalue weighted by atomic mass is 16.5. The molecule has 0 bridgehead atoms. The van der Waals surface area contributed by atoms with Crippen LogP contribution in [0.2, 0.25) is 0 Å². The fourth-order valence-corrected chi connectivity index (χ4v) is 1.87. The van der Waals surface area contributed by atoms with Gasteiger partial charge < -0.3 is 25.2 Å². The molecule has 0 aliphatic rings. The molecule has 0 radical (unpaired) electrons. The second kappa shape index (κ2) is 8.11. The fourth-order valence-electron chi connectivity index (χ4n) is 1.87. The van der Waals surface area contributed by atoms with Gasteiger partial charge in [0.15, 0.2) is 0 Å². The van der Waals surface area contributed by atoms with Crippen LogP contribution in [0.1, 0.15) is 20.3 Å². The molecule has 1 aromatic rings. The van der Waals surface area contributed by atoms with E-state index in [0.29, 0.717) is 23.6 Å². The van der Waals surface area contributed by atoms with Crippen LogP contribution in [0.15, 0.2) is 18.2 Å². The number of anilines is 1. The molecular formula is C15H22N2O5. The summed E-state index contributed by atoms with van der Waals surface area (Å²) in [5, 5.41) is 14.2. The molecule has 7 heteroatoms. The van der Waals surface area contributed by atoms with Gasteiger partial charge in [-0.15, -0.1) is 0 Å². The predicted molar refractivity (Wildman–Crippen MR) is 82.6 cm³/mol. The number of rotatable bonds is 7. The molecule has 1 aromatic carbocycles. The Bertz CT molecular complexity index is 510. The molecule has 2 amide bonds. The van der Waals surface area contributed by atoms with E-state index in [4.69, 9.17) is 9.47 Å². The van der Waals surface area contributed by atoms with Gasteiger partial charge >= 0.3 is 12.0 Å². The Morgan fingerprint density at radius 2 is 1.73 bits per heavy atom. The average Bonchev–Trinajstić information content (AvgIpc) is 2.50. The largest absolute Gasteiger partial charge is 0.497 e. The van der Waals surface area contributed by atoms with E-state index in [9.17, 15) is 14.7 Å². The van der Waals surface area contributed by atoms with E-state index in [-0.39, 0.29) is 5.92 Å². The van der Waals surface area contributed by atoms with E-state index in [0.717, 1.165) is 0 Å². The van der Waals surface area contributed by atoms with Gasteiger partial charge in [0, 0.05) is 23.9 Å². The van der Waals surface area contributed by atoms with Crippen LogP contribution in [0, 0.1) is 5.92 Å². The van der Waals surface area contributed by atoms with Crippen molar-refractivity contribution in [3.8, 4) is 11.5 Å². The van der Waals surface area contributed by atoms with E-state index in [2.05, 4.69) is 10.6 Å². The lowest BCUT2D eigenvalue weighted by Crippen LogP contribution is -2.46. The van der Waals surface area contributed by atoms with Crippen LogP contribution in [0.4, 0.5) is 10.5 Å². The number of carboxylic acids is 1. The van der Waals surface area contributed by atoms with E-state index in [1.54, 1.807) is 25.1 Å². The van der Waals surface area contributed by atoms with E-state index in [1.807, 2.05) is 6.92 Å². The molecule has 122 valence electrons. The molecule has 2 atom stereocenters. The van der Waals surface area contributed by atoms with Crippen LogP contribution in [0.5, 0.6) is 11.5 Å². The number of benzene rings is 1. The summed E-state index contributed by atoms with van der Waals surface area (Å²) in [6, 6.07) is 3.35. The van der Waals surface area contributed by atoms with Crippen LogP contribution in [-0.2, 0) is 4.79 Å². The maximum absolute atomic E-state index is 12.0. The lowest BCUT2D eigenvalue weighted by Gasteiger charge is -2.20. The highest BCUT2D eigenvalue weighted by molar-refractivity contribution is 5.92. The number of nitrogens with one attached hydrogen (secondary N) is 2. The minimum absolute atomic E-state index is 0.178. The lowest BCUT2D eigenvalue weighted by molar-refractivity contribution is -0.140. The maximum Gasteiger partial charge on any atom is 0.326 e. The first kappa shape index (κ1) is 17.6. The number of carbonyl (C=O) groups is 2. The van der Waals surface area contributed by atoms with Gasteiger partial charge in [0.2, 0.25) is 0 Å².